The Morgan fingerprint density at radius 2 is 1.45 bits per heavy atom. The molecule has 0 spiro atoms. The Labute approximate surface area is 249 Å². The molecule has 0 aromatic heterocycles. The predicted octanol–water partition coefficient (Wildman–Crippen LogP) is 4.85. The van der Waals surface area contributed by atoms with Crippen molar-refractivity contribution >= 4 is 27.5 Å². The highest BCUT2D eigenvalue weighted by Gasteiger charge is 2.34. The number of nitrogens with one attached hydrogen (secondary N) is 1. The second kappa shape index (κ2) is 14.7. The molecule has 3 aromatic rings. The number of hydrogen-bond donors (Lipinski definition) is 1. The van der Waals surface area contributed by atoms with E-state index in [1.165, 1.54) is 37.3 Å². The van der Waals surface area contributed by atoms with E-state index >= 15 is 0 Å². The predicted molar refractivity (Wildman–Crippen MR) is 164 cm³/mol. The van der Waals surface area contributed by atoms with Gasteiger partial charge in [-0.15, -0.1) is 0 Å². The van der Waals surface area contributed by atoms with Crippen molar-refractivity contribution in [3.05, 3.63) is 83.4 Å². The Kier molecular flexibility index (Phi) is 11.4. The van der Waals surface area contributed by atoms with Crippen molar-refractivity contribution in [2.24, 2.45) is 0 Å². The van der Waals surface area contributed by atoms with Crippen molar-refractivity contribution in [1.82, 2.24) is 10.2 Å². The fraction of sp³-hybridized carbons (Fsp3) is 0.375. The average Bonchev–Trinajstić information content (AvgIpc) is 2.99. The number of amides is 2. The van der Waals surface area contributed by atoms with E-state index in [2.05, 4.69) is 5.32 Å². The minimum atomic E-state index is -4.25. The van der Waals surface area contributed by atoms with Crippen LogP contribution in [0.1, 0.15) is 43.4 Å². The van der Waals surface area contributed by atoms with E-state index in [0.717, 1.165) is 27.4 Å². The molecule has 2 amide bonds. The monoisotopic (exact) mass is 595 g/mol. The summed E-state index contributed by atoms with van der Waals surface area (Å²) in [6, 6.07) is 18.1. The molecule has 3 aromatic carbocycles. The molecule has 1 atom stereocenters. The van der Waals surface area contributed by atoms with Crippen LogP contribution in [-0.2, 0) is 26.2 Å². The van der Waals surface area contributed by atoms with Gasteiger partial charge in [0.15, 0.2) is 11.5 Å². The van der Waals surface area contributed by atoms with Crippen LogP contribution >= 0.6 is 0 Å². The maximum Gasteiger partial charge on any atom is 0.264 e. The fourth-order valence-electron chi connectivity index (χ4n) is 4.52. The molecule has 42 heavy (non-hydrogen) atoms. The van der Waals surface area contributed by atoms with Gasteiger partial charge in [0.1, 0.15) is 12.6 Å². The summed E-state index contributed by atoms with van der Waals surface area (Å²) >= 11 is 0. The topological polar surface area (TPSA) is 105 Å². The van der Waals surface area contributed by atoms with Gasteiger partial charge in [0.05, 0.1) is 24.8 Å². The minimum Gasteiger partial charge on any atom is -0.493 e. The number of ether oxygens (including phenoxy) is 2. The van der Waals surface area contributed by atoms with Gasteiger partial charge in [0, 0.05) is 19.2 Å². The van der Waals surface area contributed by atoms with Gasteiger partial charge in [-0.25, -0.2) is 8.42 Å². The number of rotatable bonds is 14. The molecule has 0 aliphatic rings. The fourth-order valence-corrected chi connectivity index (χ4v) is 5.95. The number of carbonyl (C=O) groups excluding carboxylic acids is 2. The van der Waals surface area contributed by atoms with E-state index in [4.69, 9.17) is 9.47 Å². The molecule has 0 aliphatic heterocycles. The van der Waals surface area contributed by atoms with Crippen LogP contribution in [-0.4, -0.2) is 58.5 Å². The molecule has 10 heteroatoms. The van der Waals surface area contributed by atoms with Crippen LogP contribution in [0.25, 0.3) is 0 Å². The lowest BCUT2D eigenvalue weighted by atomic mass is 10.1. The molecule has 0 saturated heterocycles. The molecule has 0 heterocycles. The Morgan fingerprint density at radius 1 is 0.857 bits per heavy atom. The van der Waals surface area contributed by atoms with Crippen LogP contribution in [0.4, 0.5) is 5.69 Å². The lowest BCUT2D eigenvalue weighted by molar-refractivity contribution is -0.140. The van der Waals surface area contributed by atoms with Crippen LogP contribution in [0.2, 0.25) is 0 Å². The van der Waals surface area contributed by atoms with Crippen molar-refractivity contribution in [1.29, 1.82) is 0 Å². The summed E-state index contributed by atoms with van der Waals surface area (Å²) in [5.74, 6) is -0.154. The first-order chi connectivity index (χ1) is 20.0. The number of hydrogen-bond acceptors (Lipinski definition) is 6. The van der Waals surface area contributed by atoms with Crippen molar-refractivity contribution in [2.45, 2.75) is 58.0 Å². The summed E-state index contributed by atoms with van der Waals surface area (Å²) in [6.45, 7) is 7.77. The molecule has 0 bridgehead atoms. The third-order valence-corrected chi connectivity index (χ3v) is 8.72. The largest absolute Gasteiger partial charge is 0.493 e. The van der Waals surface area contributed by atoms with E-state index in [9.17, 15) is 18.0 Å². The van der Waals surface area contributed by atoms with Crippen LogP contribution in [0, 0.1) is 13.8 Å². The van der Waals surface area contributed by atoms with E-state index in [1.807, 2.05) is 52.0 Å². The SMILES string of the molecule is CCCNC(=O)C(CC)N(Cc1ccc(C)cc1)C(=O)CN(c1ccc(C)cc1)S(=O)(=O)c1ccc(OC)c(OC)c1. The third-order valence-electron chi connectivity index (χ3n) is 6.95. The molecule has 0 fully saturated rings. The third kappa shape index (κ3) is 7.82. The highest BCUT2D eigenvalue weighted by Crippen LogP contribution is 2.32. The number of nitrogens with zero attached hydrogens (tertiary/aromatic N) is 2. The normalized spacial score (nSPS) is 11.9. The van der Waals surface area contributed by atoms with E-state index in [0.29, 0.717) is 24.4 Å². The van der Waals surface area contributed by atoms with Gasteiger partial charge in [-0.05, 0) is 56.5 Å². The maximum atomic E-state index is 14.1. The zero-order valence-corrected chi connectivity index (χ0v) is 26.0. The highest BCUT2D eigenvalue weighted by atomic mass is 32.2. The van der Waals surface area contributed by atoms with Gasteiger partial charge in [0.25, 0.3) is 10.0 Å². The Morgan fingerprint density at radius 3 is 2.00 bits per heavy atom. The molecule has 0 saturated carbocycles. The molecule has 226 valence electrons. The zero-order valence-electron chi connectivity index (χ0n) is 25.2. The van der Waals surface area contributed by atoms with E-state index in [1.54, 1.807) is 24.3 Å². The number of carbonyl (C=O) groups is 2. The molecule has 1 unspecified atom stereocenters. The standard InChI is InChI=1S/C32H41N3O6S/c1-7-19-33-32(37)28(8-2)34(21-25-13-9-23(3)10-14-25)31(36)22-35(26-15-11-24(4)12-16-26)42(38,39)27-17-18-29(40-5)30(20-27)41-6/h9-18,20,28H,7-8,19,21-22H2,1-6H3,(H,33,37). The van der Waals surface area contributed by atoms with Gasteiger partial charge in [0.2, 0.25) is 11.8 Å². The van der Waals surface area contributed by atoms with Gasteiger partial charge >= 0.3 is 0 Å². The summed E-state index contributed by atoms with van der Waals surface area (Å²) < 4.78 is 40.0. The van der Waals surface area contributed by atoms with Crippen LogP contribution in [0.3, 0.4) is 0 Å². The molecular weight excluding hydrogens is 554 g/mol. The molecule has 9 nitrogen and oxygen atoms in total. The average molecular weight is 596 g/mol. The molecule has 3 rings (SSSR count). The summed E-state index contributed by atoms with van der Waals surface area (Å²) in [5, 5.41) is 2.89. The molecule has 1 N–H and O–H groups in total. The second-order valence-corrected chi connectivity index (χ2v) is 11.9. The highest BCUT2D eigenvalue weighted by molar-refractivity contribution is 7.92. The Balaban J connectivity index is 2.08. The summed E-state index contributed by atoms with van der Waals surface area (Å²) in [4.78, 5) is 28.8. The first kappa shape index (κ1) is 32.5. The van der Waals surface area contributed by atoms with Crippen LogP contribution < -0.4 is 19.1 Å². The minimum absolute atomic E-state index is 0.0636. The van der Waals surface area contributed by atoms with Gasteiger partial charge in [-0.2, -0.15) is 0 Å². The number of aryl methyl sites for hydroxylation is 2. The lowest BCUT2D eigenvalue weighted by Gasteiger charge is -2.33. The lowest BCUT2D eigenvalue weighted by Crippen LogP contribution is -2.52. The van der Waals surface area contributed by atoms with Crippen molar-refractivity contribution in [2.75, 3.05) is 31.6 Å². The number of anilines is 1. The summed E-state index contributed by atoms with van der Waals surface area (Å²) in [6.07, 6.45) is 1.11. The number of benzene rings is 3. The second-order valence-electron chi connectivity index (χ2n) is 10.1. The van der Waals surface area contributed by atoms with Gasteiger partial charge < -0.3 is 19.7 Å². The molecular formula is C32H41N3O6S. The summed E-state index contributed by atoms with van der Waals surface area (Å²) in [7, 11) is -1.36. The number of methoxy groups -OCH3 is 2. The quantitative estimate of drug-likeness (QED) is 0.286. The van der Waals surface area contributed by atoms with Crippen LogP contribution in [0.5, 0.6) is 11.5 Å². The van der Waals surface area contributed by atoms with Gasteiger partial charge in [-0.1, -0.05) is 61.4 Å². The van der Waals surface area contributed by atoms with Crippen LogP contribution in [0.15, 0.2) is 71.6 Å². The first-order valence-electron chi connectivity index (χ1n) is 14.0. The van der Waals surface area contributed by atoms with E-state index < -0.39 is 28.5 Å². The maximum absolute atomic E-state index is 14.1. The van der Waals surface area contributed by atoms with Gasteiger partial charge in [-0.3, -0.25) is 13.9 Å². The molecule has 0 aliphatic carbocycles. The van der Waals surface area contributed by atoms with Crippen molar-refractivity contribution in [3.63, 3.8) is 0 Å². The Bertz CT molecular complexity index is 1460. The zero-order chi connectivity index (χ0) is 30.9. The smallest absolute Gasteiger partial charge is 0.264 e. The Hall–Kier alpha value is -4.05. The van der Waals surface area contributed by atoms with Crippen molar-refractivity contribution < 1.29 is 27.5 Å². The van der Waals surface area contributed by atoms with Crippen molar-refractivity contribution in [3.8, 4) is 11.5 Å². The first-order valence-corrected chi connectivity index (χ1v) is 15.4. The number of sulfonamides is 1. The van der Waals surface area contributed by atoms with E-state index in [-0.39, 0.29) is 23.1 Å². The summed E-state index contributed by atoms with van der Waals surface area (Å²) in [5.41, 5.74) is 3.16. The molecule has 0 radical (unpaired) electrons.